The molecular formula is C8H11N3S. The molecule has 0 bridgehead atoms. The smallest absolute Gasteiger partial charge is 0.171 e. The molecule has 1 aliphatic rings. The van der Waals surface area contributed by atoms with Crippen LogP contribution in [0.5, 0.6) is 0 Å². The third-order valence-electron chi connectivity index (χ3n) is 1.77. The monoisotopic (exact) mass is 181 g/mol. The van der Waals surface area contributed by atoms with Crippen molar-refractivity contribution >= 4 is 23.0 Å². The van der Waals surface area contributed by atoms with Crippen LogP contribution < -0.4 is 10.6 Å². The first-order valence-electron chi connectivity index (χ1n) is 4.05. The maximum atomic E-state index is 5.08. The molecule has 0 amide bonds. The highest BCUT2D eigenvalue weighted by molar-refractivity contribution is 7.80. The molecule has 12 heavy (non-hydrogen) atoms. The Morgan fingerprint density at radius 3 is 3.00 bits per heavy atom. The summed E-state index contributed by atoms with van der Waals surface area (Å²) in [6.07, 6.45) is 6.23. The lowest BCUT2D eigenvalue weighted by atomic mass is 10.5. The van der Waals surface area contributed by atoms with Gasteiger partial charge in [-0.15, -0.1) is 0 Å². The van der Waals surface area contributed by atoms with Gasteiger partial charge >= 0.3 is 0 Å². The van der Waals surface area contributed by atoms with Crippen molar-refractivity contribution in [1.82, 2.24) is 10.3 Å². The Hall–Kier alpha value is -1.03. The number of hydrogen-bond acceptors (Lipinski definition) is 1. The standard InChI is InChI=1S/C8H11N3S/c12-8(10-6-1-2-6)11-7-3-4-9-5-7/h3-6,9H,1-2H2,(H2,10,11,12). The van der Waals surface area contributed by atoms with E-state index in [4.69, 9.17) is 12.2 Å². The van der Waals surface area contributed by atoms with Gasteiger partial charge in [0, 0.05) is 18.4 Å². The van der Waals surface area contributed by atoms with E-state index in [0.717, 1.165) is 10.8 Å². The highest BCUT2D eigenvalue weighted by Gasteiger charge is 2.21. The lowest BCUT2D eigenvalue weighted by molar-refractivity contribution is 0.919. The molecule has 3 N–H and O–H groups in total. The number of hydrogen-bond donors (Lipinski definition) is 3. The second kappa shape index (κ2) is 3.15. The van der Waals surface area contributed by atoms with E-state index in [1.54, 1.807) is 0 Å². The van der Waals surface area contributed by atoms with Gasteiger partial charge in [0.25, 0.3) is 0 Å². The van der Waals surface area contributed by atoms with Gasteiger partial charge in [0.05, 0.1) is 5.69 Å². The molecule has 0 atom stereocenters. The van der Waals surface area contributed by atoms with Crippen molar-refractivity contribution in [1.29, 1.82) is 0 Å². The maximum absolute atomic E-state index is 5.08. The summed E-state index contributed by atoms with van der Waals surface area (Å²) in [4.78, 5) is 2.95. The van der Waals surface area contributed by atoms with Gasteiger partial charge < -0.3 is 15.6 Å². The van der Waals surface area contributed by atoms with E-state index in [1.807, 2.05) is 18.5 Å². The first-order chi connectivity index (χ1) is 5.84. The maximum Gasteiger partial charge on any atom is 0.171 e. The van der Waals surface area contributed by atoms with Gasteiger partial charge in [-0.05, 0) is 31.1 Å². The lowest BCUT2D eigenvalue weighted by Crippen LogP contribution is -2.29. The Kier molecular flexibility index (Phi) is 1.99. The van der Waals surface area contributed by atoms with E-state index in [9.17, 15) is 0 Å². The minimum atomic E-state index is 0.615. The molecule has 0 spiro atoms. The molecule has 1 fully saturated rings. The predicted molar refractivity (Wildman–Crippen MR) is 53.2 cm³/mol. The molecule has 4 heteroatoms. The van der Waals surface area contributed by atoms with E-state index >= 15 is 0 Å². The van der Waals surface area contributed by atoms with Crippen LogP contribution in [0.2, 0.25) is 0 Å². The minimum absolute atomic E-state index is 0.615. The van der Waals surface area contributed by atoms with Crippen LogP contribution in [-0.2, 0) is 0 Å². The van der Waals surface area contributed by atoms with Crippen molar-refractivity contribution in [3.63, 3.8) is 0 Å². The van der Waals surface area contributed by atoms with E-state index in [-0.39, 0.29) is 0 Å². The summed E-state index contributed by atoms with van der Waals surface area (Å²) in [6, 6.07) is 2.56. The molecule has 1 aliphatic carbocycles. The topological polar surface area (TPSA) is 39.9 Å². The molecule has 3 nitrogen and oxygen atoms in total. The minimum Gasteiger partial charge on any atom is -0.366 e. The number of aromatic nitrogens is 1. The van der Waals surface area contributed by atoms with E-state index < -0.39 is 0 Å². The average Bonchev–Trinajstić information content (AvgIpc) is 2.66. The van der Waals surface area contributed by atoms with Crippen LogP contribution in [0.3, 0.4) is 0 Å². The van der Waals surface area contributed by atoms with Gasteiger partial charge in [-0.2, -0.15) is 0 Å². The Labute approximate surface area is 76.6 Å². The third kappa shape index (κ3) is 1.98. The number of rotatable bonds is 2. The second-order valence-corrected chi connectivity index (χ2v) is 3.38. The van der Waals surface area contributed by atoms with Gasteiger partial charge in [-0.3, -0.25) is 0 Å². The first kappa shape index (κ1) is 7.61. The van der Waals surface area contributed by atoms with Gasteiger partial charge in [-0.25, -0.2) is 0 Å². The largest absolute Gasteiger partial charge is 0.366 e. The molecule has 0 saturated heterocycles. The Bertz CT molecular complexity index is 264. The van der Waals surface area contributed by atoms with Gasteiger partial charge in [0.1, 0.15) is 0 Å². The van der Waals surface area contributed by atoms with Crippen LogP contribution in [0.4, 0.5) is 5.69 Å². The number of H-pyrrole nitrogens is 1. The Morgan fingerprint density at radius 2 is 2.42 bits per heavy atom. The molecule has 1 aromatic heterocycles. The van der Waals surface area contributed by atoms with Crippen LogP contribution in [-0.4, -0.2) is 16.1 Å². The zero-order chi connectivity index (χ0) is 8.39. The van der Waals surface area contributed by atoms with E-state index in [0.29, 0.717) is 6.04 Å². The first-order valence-corrected chi connectivity index (χ1v) is 4.46. The molecule has 1 aromatic rings. The highest BCUT2D eigenvalue weighted by atomic mass is 32.1. The number of aromatic amines is 1. The molecule has 0 unspecified atom stereocenters. The SMILES string of the molecule is S=C(Nc1cc[nH]c1)NC1CC1. The zero-order valence-electron chi connectivity index (χ0n) is 6.63. The number of anilines is 1. The molecule has 0 aromatic carbocycles. The van der Waals surface area contributed by atoms with Gasteiger partial charge in [0.2, 0.25) is 0 Å². The van der Waals surface area contributed by atoms with Crippen LogP contribution in [0.25, 0.3) is 0 Å². The van der Waals surface area contributed by atoms with Crippen molar-refractivity contribution in [2.45, 2.75) is 18.9 Å². The van der Waals surface area contributed by atoms with E-state index in [2.05, 4.69) is 15.6 Å². The normalized spacial score (nSPS) is 15.7. The predicted octanol–water partition coefficient (Wildman–Crippen LogP) is 1.46. The summed E-state index contributed by atoms with van der Waals surface area (Å²) in [5, 5.41) is 7.00. The summed E-state index contributed by atoms with van der Waals surface area (Å²) in [6.45, 7) is 0. The van der Waals surface area contributed by atoms with Gasteiger partial charge in [0.15, 0.2) is 5.11 Å². The van der Waals surface area contributed by atoms with Gasteiger partial charge in [-0.1, -0.05) is 0 Å². The number of thiocarbonyl (C=S) groups is 1. The van der Waals surface area contributed by atoms with Crippen molar-refractivity contribution in [2.75, 3.05) is 5.32 Å². The molecule has 64 valence electrons. The number of nitrogens with one attached hydrogen (secondary N) is 3. The summed E-state index contributed by atoms with van der Waals surface area (Å²) in [5.41, 5.74) is 1.01. The third-order valence-corrected chi connectivity index (χ3v) is 1.99. The Morgan fingerprint density at radius 1 is 1.58 bits per heavy atom. The second-order valence-electron chi connectivity index (χ2n) is 2.97. The molecular weight excluding hydrogens is 170 g/mol. The fourth-order valence-electron chi connectivity index (χ4n) is 0.982. The molecule has 0 radical (unpaired) electrons. The van der Waals surface area contributed by atoms with Crippen LogP contribution in [0, 0.1) is 0 Å². The fourth-order valence-corrected chi connectivity index (χ4v) is 1.27. The van der Waals surface area contributed by atoms with Crippen LogP contribution in [0.1, 0.15) is 12.8 Å². The van der Waals surface area contributed by atoms with Crippen LogP contribution >= 0.6 is 12.2 Å². The Balaban J connectivity index is 1.82. The summed E-state index contributed by atoms with van der Waals surface area (Å²) >= 11 is 5.08. The van der Waals surface area contributed by atoms with Crippen molar-refractivity contribution in [2.24, 2.45) is 0 Å². The molecule has 2 rings (SSSR count). The van der Waals surface area contributed by atoms with E-state index in [1.165, 1.54) is 12.8 Å². The molecule has 1 saturated carbocycles. The van der Waals surface area contributed by atoms with Crippen molar-refractivity contribution in [3.8, 4) is 0 Å². The lowest BCUT2D eigenvalue weighted by Gasteiger charge is -2.06. The average molecular weight is 181 g/mol. The molecule has 1 heterocycles. The summed E-state index contributed by atoms with van der Waals surface area (Å²) in [7, 11) is 0. The van der Waals surface area contributed by atoms with Crippen molar-refractivity contribution < 1.29 is 0 Å². The summed E-state index contributed by atoms with van der Waals surface area (Å²) in [5.74, 6) is 0. The van der Waals surface area contributed by atoms with Crippen LogP contribution in [0.15, 0.2) is 18.5 Å². The zero-order valence-corrected chi connectivity index (χ0v) is 7.45. The highest BCUT2D eigenvalue weighted by Crippen LogP contribution is 2.18. The summed E-state index contributed by atoms with van der Waals surface area (Å²) < 4.78 is 0. The van der Waals surface area contributed by atoms with Crippen molar-refractivity contribution in [3.05, 3.63) is 18.5 Å². The fraction of sp³-hybridized carbons (Fsp3) is 0.375. The quantitative estimate of drug-likeness (QED) is 0.605. The molecule has 0 aliphatic heterocycles.